The van der Waals surface area contributed by atoms with Gasteiger partial charge in [0.15, 0.2) is 0 Å². The van der Waals surface area contributed by atoms with Crippen molar-refractivity contribution in [2.75, 3.05) is 0 Å². The number of halogens is 1. The summed E-state index contributed by atoms with van der Waals surface area (Å²) < 4.78 is 1.04. The molecule has 0 aromatic heterocycles. The second-order valence-electron chi connectivity index (χ2n) is 4.83. The number of carboxylic acid groups (broad SMARTS) is 1. The zero-order chi connectivity index (χ0) is 12.5. The largest absolute Gasteiger partial charge is 0.481 e. The van der Waals surface area contributed by atoms with Crippen molar-refractivity contribution in [2.24, 2.45) is 5.41 Å². The highest BCUT2D eigenvalue weighted by Gasteiger charge is 2.28. The van der Waals surface area contributed by atoms with E-state index in [0.29, 0.717) is 6.42 Å². The smallest absolute Gasteiger partial charge is 0.309 e. The minimum Gasteiger partial charge on any atom is -0.481 e. The SMILES string of the molecule is Cc1ccc(Br)c(C)c1CC(C)(C)C(=O)O. The topological polar surface area (TPSA) is 37.3 Å². The van der Waals surface area contributed by atoms with Crippen LogP contribution in [0.25, 0.3) is 0 Å². The van der Waals surface area contributed by atoms with E-state index in [1.165, 1.54) is 0 Å². The second kappa shape index (κ2) is 4.58. The molecule has 0 saturated carbocycles. The quantitative estimate of drug-likeness (QED) is 0.919. The molecule has 0 bridgehead atoms. The van der Waals surface area contributed by atoms with E-state index in [1.807, 2.05) is 26.0 Å². The van der Waals surface area contributed by atoms with Gasteiger partial charge in [-0.15, -0.1) is 0 Å². The molecular formula is C13H17BrO2. The van der Waals surface area contributed by atoms with Gasteiger partial charge in [-0.25, -0.2) is 0 Å². The Bertz CT molecular complexity index is 422. The van der Waals surface area contributed by atoms with Crippen molar-refractivity contribution in [3.8, 4) is 0 Å². The Labute approximate surface area is 105 Å². The van der Waals surface area contributed by atoms with E-state index >= 15 is 0 Å². The van der Waals surface area contributed by atoms with E-state index < -0.39 is 11.4 Å². The summed E-state index contributed by atoms with van der Waals surface area (Å²) in [5.41, 5.74) is 2.68. The lowest BCUT2D eigenvalue weighted by Gasteiger charge is -2.22. The first-order valence-corrected chi connectivity index (χ1v) is 6.03. The summed E-state index contributed by atoms with van der Waals surface area (Å²) in [4.78, 5) is 11.1. The molecule has 1 N–H and O–H groups in total. The van der Waals surface area contributed by atoms with Crippen molar-refractivity contribution >= 4 is 21.9 Å². The predicted octanol–water partition coefficient (Wildman–Crippen LogP) is 3.72. The van der Waals surface area contributed by atoms with Gasteiger partial charge in [0, 0.05) is 4.47 Å². The third-order valence-corrected chi connectivity index (χ3v) is 3.82. The zero-order valence-corrected chi connectivity index (χ0v) is 11.7. The van der Waals surface area contributed by atoms with Crippen LogP contribution in [-0.2, 0) is 11.2 Å². The minimum atomic E-state index is -0.758. The molecule has 88 valence electrons. The first-order chi connectivity index (χ1) is 7.25. The summed E-state index contributed by atoms with van der Waals surface area (Å²) in [5.74, 6) is -0.758. The van der Waals surface area contributed by atoms with Crippen LogP contribution in [-0.4, -0.2) is 11.1 Å². The number of aryl methyl sites for hydroxylation is 1. The number of benzene rings is 1. The van der Waals surface area contributed by atoms with E-state index in [0.717, 1.165) is 21.2 Å². The molecule has 2 nitrogen and oxygen atoms in total. The molecule has 0 aliphatic rings. The monoisotopic (exact) mass is 284 g/mol. The van der Waals surface area contributed by atoms with Gasteiger partial charge in [-0.1, -0.05) is 22.0 Å². The fourth-order valence-corrected chi connectivity index (χ4v) is 2.02. The molecule has 0 unspecified atom stereocenters. The minimum absolute atomic E-state index is 0.555. The molecule has 0 atom stereocenters. The van der Waals surface area contributed by atoms with Gasteiger partial charge in [0.1, 0.15) is 0 Å². The standard InChI is InChI=1S/C13H17BrO2/c1-8-5-6-11(14)9(2)10(8)7-13(3,4)12(15)16/h5-6H,7H2,1-4H3,(H,15,16). The molecule has 0 aliphatic carbocycles. The van der Waals surface area contributed by atoms with E-state index in [2.05, 4.69) is 15.9 Å². The van der Waals surface area contributed by atoms with Crippen molar-refractivity contribution < 1.29 is 9.90 Å². The van der Waals surface area contributed by atoms with Gasteiger partial charge in [0.25, 0.3) is 0 Å². The Morgan fingerprint density at radius 3 is 2.44 bits per heavy atom. The van der Waals surface area contributed by atoms with Crippen molar-refractivity contribution in [1.29, 1.82) is 0 Å². The molecule has 0 fully saturated rings. The third-order valence-electron chi connectivity index (χ3n) is 2.96. The highest BCUT2D eigenvalue weighted by Crippen LogP contribution is 2.29. The third kappa shape index (κ3) is 2.64. The molecule has 0 aliphatic heterocycles. The van der Waals surface area contributed by atoms with Gasteiger partial charge < -0.3 is 5.11 Å². The fraction of sp³-hybridized carbons (Fsp3) is 0.462. The summed E-state index contributed by atoms with van der Waals surface area (Å²) >= 11 is 3.48. The zero-order valence-electron chi connectivity index (χ0n) is 10.1. The Morgan fingerprint density at radius 1 is 1.38 bits per heavy atom. The van der Waals surface area contributed by atoms with E-state index in [-0.39, 0.29) is 0 Å². The molecule has 1 aromatic rings. The summed E-state index contributed by atoms with van der Waals surface area (Å²) in [6.45, 7) is 7.56. The molecule has 0 spiro atoms. The molecule has 0 radical (unpaired) electrons. The highest BCUT2D eigenvalue weighted by atomic mass is 79.9. The van der Waals surface area contributed by atoms with Crippen LogP contribution in [0.3, 0.4) is 0 Å². The van der Waals surface area contributed by atoms with Gasteiger partial charge in [0.2, 0.25) is 0 Å². The summed E-state index contributed by atoms with van der Waals surface area (Å²) in [6.07, 6.45) is 0.555. The van der Waals surface area contributed by atoms with Gasteiger partial charge in [-0.05, 0) is 56.9 Å². The van der Waals surface area contributed by atoms with Crippen LogP contribution >= 0.6 is 15.9 Å². The first kappa shape index (κ1) is 13.2. The van der Waals surface area contributed by atoms with Crippen LogP contribution < -0.4 is 0 Å². The van der Waals surface area contributed by atoms with Crippen LogP contribution in [0.4, 0.5) is 0 Å². The van der Waals surface area contributed by atoms with Crippen LogP contribution in [0.2, 0.25) is 0 Å². The van der Waals surface area contributed by atoms with Gasteiger partial charge in [0.05, 0.1) is 5.41 Å². The van der Waals surface area contributed by atoms with Crippen molar-refractivity contribution in [1.82, 2.24) is 0 Å². The normalized spacial score (nSPS) is 11.6. The van der Waals surface area contributed by atoms with E-state index in [4.69, 9.17) is 5.11 Å². The molecule has 1 aromatic carbocycles. The molecule has 3 heteroatoms. The highest BCUT2D eigenvalue weighted by molar-refractivity contribution is 9.10. The fourth-order valence-electron chi connectivity index (χ4n) is 1.65. The predicted molar refractivity (Wildman–Crippen MR) is 68.7 cm³/mol. The van der Waals surface area contributed by atoms with Crippen molar-refractivity contribution in [3.05, 3.63) is 33.3 Å². The van der Waals surface area contributed by atoms with Gasteiger partial charge in [-0.2, -0.15) is 0 Å². The average molecular weight is 285 g/mol. The Morgan fingerprint density at radius 2 is 1.94 bits per heavy atom. The lowest BCUT2D eigenvalue weighted by molar-refractivity contribution is -0.146. The number of aliphatic carboxylic acids is 1. The maximum Gasteiger partial charge on any atom is 0.309 e. The van der Waals surface area contributed by atoms with E-state index in [9.17, 15) is 4.79 Å². The van der Waals surface area contributed by atoms with Crippen LogP contribution in [0.15, 0.2) is 16.6 Å². The molecule has 0 amide bonds. The van der Waals surface area contributed by atoms with Crippen molar-refractivity contribution in [3.63, 3.8) is 0 Å². The summed E-state index contributed by atoms with van der Waals surface area (Å²) in [5, 5.41) is 9.14. The van der Waals surface area contributed by atoms with Crippen LogP contribution in [0.5, 0.6) is 0 Å². The maximum atomic E-state index is 11.1. The van der Waals surface area contributed by atoms with Gasteiger partial charge >= 0.3 is 5.97 Å². The Hall–Kier alpha value is -0.830. The summed E-state index contributed by atoms with van der Waals surface area (Å²) in [6, 6.07) is 4.02. The van der Waals surface area contributed by atoms with Crippen LogP contribution in [0.1, 0.15) is 30.5 Å². The summed E-state index contributed by atoms with van der Waals surface area (Å²) in [7, 11) is 0. The molecular weight excluding hydrogens is 268 g/mol. The first-order valence-electron chi connectivity index (χ1n) is 5.23. The lowest BCUT2D eigenvalue weighted by Crippen LogP contribution is -2.27. The molecule has 0 saturated heterocycles. The Kier molecular flexibility index (Phi) is 3.79. The van der Waals surface area contributed by atoms with Crippen LogP contribution in [0, 0.1) is 19.3 Å². The molecule has 0 heterocycles. The lowest BCUT2D eigenvalue weighted by atomic mass is 9.83. The average Bonchev–Trinajstić information content (AvgIpc) is 2.18. The Balaban J connectivity index is 3.15. The number of carboxylic acids is 1. The number of carbonyl (C=O) groups is 1. The maximum absolute atomic E-state index is 11.1. The number of hydrogen-bond donors (Lipinski definition) is 1. The second-order valence-corrected chi connectivity index (χ2v) is 5.69. The number of rotatable bonds is 3. The van der Waals surface area contributed by atoms with E-state index in [1.54, 1.807) is 13.8 Å². The molecule has 1 rings (SSSR count). The van der Waals surface area contributed by atoms with Crippen molar-refractivity contribution in [2.45, 2.75) is 34.1 Å². The molecule has 16 heavy (non-hydrogen) atoms. The number of hydrogen-bond acceptors (Lipinski definition) is 1. The van der Waals surface area contributed by atoms with Gasteiger partial charge in [-0.3, -0.25) is 4.79 Å².